The summed E-state index contributed by atoms with van der Waals surface area (Å²) in [6.45, 7) is 1.81. The third-order valence-electron chi connectivity index (χ3n) is 2.74. The first kappa shape index (κ1) is 14.9. The van der Waals surface area contributed by atoms with Crippen molar-refractivity contribution in [2.24, 2.45) is 0 Å². The molecule has 1 heterocycles. The average molecular weight is 306 g/mol. The fourth-order valence-corrected chi connectivity index (χ4v) is 1.79. The van der Waals surface area contributed by atoms with Crippen LogP contribution < -0.4 is 5.32 Å². The monoisotopic (exact) mass is 305 g/mol. The number of halogens is 1. The molecule has 0 unspecified atom stereocenters. The molecule has 1 aromatic heterocycles. The van der Waals surface area contributed by atoms with Gasteiger partial charge in [0, 0.05) is 5.69 Å². The van der Waals surface area contributed by atoms with Gasteiger partial charge < -0.3 is 10.1 Å². The number of esters is 1. The van der Waals surface area contributed by atoms with Gasteiger partial charge in [-0.3, -0.25) is 9.78 Å². The summed E-state index contributed by atoms with van der Waals surface area (Å²) in [4.78, 5) is 31.3. The molecule has 2 aromatic rings. The third kappa shape index (κ3) is 3.55. The summed E-state index contributed by atoms with van der Waals surface area (Å²) in [6, 6.07) is 4.87. The molecule has 0 atom stereocenters. The maximum absolute atomic E-state index is 12.1. The van der Waals surface area contributed by atoms with E-state index >= 15 is 0 Å². The lowest BCUT2D eigenvalue weighted by Gasteiger charge is -2.09. The number of rotatable bonds is 3. The number of hydrogen-bond donors (Lipinski definition) is 1. The Morgan fingerprint density at radius 3 is 2.71 bits per heavy atom. The highest BCUT2D eigenvalue weighted by atomic mass is 35.5. The van der Waals surface area contributed by atoms with Gasteiger partial charge in [0.25, 0.3) is 5.91 Å². The zero-order valence-corrected chi connectivity index (χ0v) is 12.1. The summed E-state index contributed by atoms with van der Waals surface area (Å²) in [7, 11) is 1.29. The number of carbonyl (C=O) groups is 2. The number of hydrogen-bond acceptors (Lipinski definition) is 5. The Balaban J connectivity index is 2.26. The van der Waals surface area contributed by atoms with Crippen molar-refractivity contribution >= 4 is 29.2 Å². The molecule has 6 nitrogen and oxygen atoms in total. The number of methoxy groups -OCH3 is 1. The highest BCUT2D eigenvalue weighted by molar-refractivity contribution is 6.29. The zero-order chi connectivity index (χ0) is 15.4. The Morgan fingerprint density at radius 2 is 2.05 bits per heavy atom. The van der Waals surface area contributed by atoms with Crippen molar-refractivity contribution in [1.82, 2.24) is 9.97 Å². The molecule has 0 saturated carbocycles. The van der Waals surface area contributed by atoms with Gasteiger partial charge in [0.05, 0.1) is 25.1 Å². The van der Waals surface area contributed by atoms with E-state index in [1.54, 1.807) is 19.1 Å². The molecule has 7 heteroatoms. The van der Waals surface area contributed by atoms with Crippen LogP contribution in [0.3, 0.4) is 0 Å². The number of aromatic nitrogens is 2. The van der Waals surface area contributed by atoms with E-state index in [1.807, 2.05) is 0 Å². The minimum atomic E-state index is -0.479. The van der Waals surface area contributed by atoms with E-state index in [-0.39, 0.29) is 10.8 Å². The smallest absolute Gasteiger partial charge is 0.337 e. The van der Waals surface area contributed by atoms with E-state index in [4.69, 9.17) is 11.6 Å². The number of carbonyl (C=O) groups excluding carboxylic acids is 2. The maximum atomic E-state index is 12.1. The lowest BCUT2D eigenvalue weighted by atomic mass is 10.1. The van der Waals surface area contributed by atoms with Crippen molar-refractivity contribution in [2.75, 3.05) is 12.4 Å². The molecule has 0 spiro atoms. The molecule has 0 aliphatic rings. The molecular formula is C14H12ClN3O3. The molecule has 108 valence electrons. The van der Waals surface area contributed by atoms with Gasteiger partial charge in [-0.15, -0.1) is 0 Å². The van der Waals surface area contributed by atoms with Gasteiger partial charge >= 0.3 is 5.97 Å². The fourth-order valence-electron chi connectivity index (χ4n) is 1.64. The minimum Gasteiger partial charge on any atom is -0.465 e. The molecule has 1 amide bonds. The van der Waals surface area contributed by atoms with Crippen LogP contribution in [0.15, 0.2) is 30.6 Å². The molecule has 0 bridgehead atoms. The summed E-state index contributed by atoms with van der Waals surface area (Å²) in [6.07, 6.45) is 2.64. The minimum absolute atomic E-state index is 0.0883. The first-order chi connectivity index (χ1) is 10.0. The molecule has 1 aromatic carbocycles. The first-order valence-corrected chi connectivity index (χ1v) is 6.37. The Labute approximate surface area is 126 Å². The van der Waals surface area contributed by atoms with Gasteiger partial charge in [0.2, 0.25) is 0 Å². The van der Waals surface area contributed by atoms with Gasteiger partial charge in [-0.2, -0.15) is 0 Å². The summed E-state index contributed by atoms with van der Waals surface area (Å²) in [5, 5.41) is 2.79. The second-order valence-electron chi connectivity index (χ2n) is 4.20. The van der Waals surface area contributed by atoms with E-state index < -0.39 is 11.9 Å². The fraction of sp³-hybridized carbons (Fsp3) is 0.143. The van der Waals surface area contributed by atoms with E-state index in [1.165, 1.54) is 25.6 Å². The largest absolute Gasteiger partial charge is 0.465 e. The normalized spacial score (nSPS) is 10.0. The average Bonchev–Trinajstić information content (AvgIpc) is 2.48. The number of ether oxygens (including phenoxy) is 1. The molecule has 2 rings (SSSR count). The second kappa shape index (κ2) is 6.32. The molecule has 0 saturated heterocycles. The molecule has 0 radical (unpaired) electrons. The van der Waals surface area contributed by atoms with Crippen LogP contribution in [0.25, 0.3) is 0 Å². The zero-order valence-electron chi connectivity index (χ0n) is 11.4. The van der Waals surface area contributed by atoms with Crippen LogP contribution in [0.5, 0.6) is 0 Å². The van der Waals surface area contributed by atoms with E-state index in [9.17, 15) is 9.59 Å². The van der Waals surface area contributed by atoms with Crippen LogP contribution in [0, 0.1) is 6.92 Å². The van der Waals surface area contributed by atoms with Crippen LogP contribution in [-0.2, 0) is 4.74 Å². The van der Waals surface area contributed by atoms with Gasteiger partial charge in [0.15, 0.2) is 0 Å². The summed E-state index contributed by atoms with van der Waals surface area (Å²) < 4.78 is 4.65. The SMILES string of the molecule is COC(=O)c1ccc(C)c(NC(=O)c2cncc(Cl)n2)c1. The number of benzene rings is 1. The van der Waals surface area contributed by atoms with Gasteiger partial charge in [-0.1, -0.05) is 17.7 Å². The van der Waals surface area contributed by atoms with Crippen LogP contribution in [-0.4, -0.2) is 29.0 Å². The van der Waals surface area contributed by atoms with Crippen molar-refractivity contribution in [3.05, 3.63) is 52.6 Å². The Morgan fingerprint density at radius 1 is 1.29 bits per heavy atom. The molecule has 1 N–H and O–H groups in total. The number of anilines is 1. The van der Waals surface area contributed by atoms with Crippen LogP contribution in [0.1, 0.15) is 26.4 Å². The Hall–Kier alpha value is -2.47. The summed E-state index contributed by atoms with van der Waals surface area (Å²) in [5.41, 5.74) is 1.72. The van der Waals surface area contributed by atoms with Crippen molar-refractivity contribution in [3.8, 4) is 0 Å². The topological polar surface area (TPSA) is 81.2 Å². The molecule has 0 aliphatic heterocycles. The number of aryl methyl sites for hydroxylation is 1. The number of nitrogens with zero attached hydrogens (tertiary/aromatic N) is 2. The third-order valence-corrected chi connectivity index (χ3v) is 2.93. The predicted octanol–water partition coefficient (Wildman–Crippen LogP) is 2.48. The van der Waals surface area contributed by atoms with E-state index in [2.05, 4.69) is 20.0 Å². The molecule has 21 heavy (non-hydrogen) atoms. The first-order valence-electron chi connectivity index (χ1n) is 5.99. The Kier molecular flexibility index (Phi) is 4.49. The van der Waals surface area contributed by atoms with Crippen LogP contribution in [0.2, 0.25) is 5.15 Å². The quantitative estimate of drug-likeness (QED) is 0.881. The molecule has 0 fully saturated rings. The lowest BCUT2D eigenvalue weighted by molar-refractivity contribution is 0.0600. The molecular weight excluding hydrogens is 294 g/mol. The van der Waals surface area contributed by atoms with E-state index in [0.29, 0.717) is 11.3 Å². The maximum Gasteiger partial charge on any atom is 0.337 e. The van der Waals surface area contributed by atoms with Crippen molar-refractivity contribution < 1.29 is 14.3 Å². The van der Waals surface area contributed by atoms with Crippen molar-refractivity contribution in [2.45, 2.75) is 6.92 Å². The lowest BCUT2D eigenvalue weighted by Crippen LogP contribution is -2.15. The summed E-state index contributed by atoms with van der Waals surface area (Å²) in [5.74, 6) is -0.942. The highest BCUT2D eigenvalue weighted by Gasteiger charge is 2.13. The predicted molar refractivity (Wildman–Crippen MR) is 77.5 cm³/mol. The van der Waals surface area contributed by atoms with Crippen molar-refractivity contribution in [3.63, 3.8) is 0 Å². The summed E-state index contributed by atoms with van der Waals surface area (Å²) >= 11 is 5.69. The van der Waals surface area contributed by atoms with Crippen LogP contribution >= 0.6 is 11.6 Å². The second-order valence-corrected chi connectivity index (χ2v) is 4.59. The molecule has 0 aliphatic carbocycles. The number of amides is 1. The van der Waals surface area contributed by atoms with Gasteiger partial charge in [-0.25, -0.2) is 9.78 Å². The number of nitrogens with one attached hydrogen (secondary N) is 1. The van der Waals surface area contributed by atoms with Crippen molar-refractivity contribution in [1.29, 1.82) is 0 Å². The van der Waals surface area contributed by atoms with Crippen LogP contribution in [0.4, 0.5) is 5.69 Å². The van der Waals surface area contributed by atoms with E-state index in [0.717, 1.165) is 5.56 Å². The highest BCUT2D eigenvalue weighted by Crippen LogP contribution is 2.18. The van der Waals surface area contributed by atoms with Gasteiger partial charge in [-0.05, 0) is 24.6 Å². The Bertz CT molecular complexity index is 704. The standard InChI is InChI=1S/C14H12ClN3O3/c1-8-3-4-9(14(20)21-2)5-10(8)18-13(19)11-6-16-7-12(15)17-11/h3-7H,1-2H3,(H,18,19). The van der Waals surface area contributed by atoms with Gasteiger partial charge in [0.1, 0.15) is 10.8 Å².